The van der Waals surface area contributed by atoms with Crippen molar-refractivity contribution < 1.29 is 0 Å². The second-order valence-corrected chi connectivity index (χ2v) is 16.7. The van der Waals surface area contributed by atoms with Crippen molar-refractivity contribution in [3.05, 3.63) is 193 Å². The van der Waals surface area contributed by atoms with Crippen LogP contribution in [-0.2, 0) is 0 Å². The maximum absolute atomic E-state index is 3.90. The molecular formula is C52H31BrN2S. The zero-order valence-electron chi connectivity index (χ0n) is 30.1. The number of hydrogen-bond donors (Lipinski definition) is 0. The molecule has 9 aromatic carbocycles. The Morgan fingerprint density at radius 3 is 1.62 bits per heavy atom. The molecule has 2 nitrogen and oxygen atoms in total. The van der Waals surface area contributed by atoms with Crippen molar-refractivity contribution in [2.75, 3.05) is 0 Å². The normalized spacial score (nSPS) is 12.0. The van der Waals surface area contributed by atoms with Crippen molar-refractivity contribution in [2.24, 2.45) is 0 Å². The molecule has 12 rings (SSSR count). The molecule has 0 fully saturated rings. The Labute approximate surface area is 335 Å². The van der Waals surface area contributed by atoms with E-state index in [-0.39, 0.29) is 0 Å². The number of thiophene rings is 1. The third-order valence-corrected chi connectivity index (χ3v) is 13.1. The molecule has 0 atom stereocenters. The summed E-state index contributed by atoms with van der Waals surface area (Å²) < 4.78 is 8.54. The first-order valence-corrected chi connectivity index (χ1v) is 20.5. The van der Waals surface area contributed by atoms with E-state index in [4.69, 9.17) is 0 Å². The molecule has 262 valence electrons. The second-order valence-electron chi connectivity index (χ2n) is 14.7. The van der Waals surface area contributed by atoms with Crippen LogP contribution in [0.2, 0.25) is 0 Å². The van der Waals surface area contributed by atoms with Gasteiger partial charge in [0.15, 0.2) is 0 Å². The number of para-hydroxylation sites is 2. The summed E-state index contributed by atoms with van der Waals surface area (Å²) in [6.07, 6.45) is 0. The molecule has 3 heterocycles. The molecule has 0 saturated heterocycles. The van der Waals surface area contributed by atoms with E-state index in [9.17, 15) is 0 Å². The number of fused-ring (bicyclic) bond motifs is 10. The fraction of sp³-hybridized carbons (Fsp3) is 0. The largest absolute Gasteiger partial charge is 0.309 e. The zero-order chi connectivity index (χ0) is 36.9. The summed E-state index contributed by atoms with van der Waals surface area (Å²) in [6, 6.07) is 69.2. The van der Waals surface area contributed by atoms with Crippen LogP contribution in [0.3, 0.4) is 0 Å². The Balaban J connectivity index is 0.992. The van der Waals surface area contributed by atoms with Gasteiger partial charge >= 0.3 is 0 Å². The molecule has 0 aliphatic heterocycles. The van der Waals surface area contributed by atoms with Crippen LogP contribution < -0.4 is 0 Å². The predicted octanol–water partition coefficient (Wildman–Crippen LogP) is 15.5. The van der Waals surface area contributed by atoms with Crippen LogP contribution >= 0.6 is 27.3 Å². The maximum Gasteiger partial charge on any atom is 0.0541 e. The van der Waals surface area contributed by atoms with Crippen LogP contribution in [0, 0.1) is 0 Å². The van der Waals surface area contributed by atoms with Crippen molar-refractivity contribution in [3.63, 3.8) is 0 Å². The lowest BCUT2D eigenvalue weighted by molar-refractivity contribution is 1.19. The van der Waals surface area contributed by atoms with E-state index in [1.54, 1.807) is 0 Å². The predicted molar refractivity (Wildman–Crippen MR) is 244 cm³/mol. The molecular weight excluding hydrogens is 765 g/mol. The topological polar surface area (TPSA) is 9.86 Å². The third kappa shape index (κ3) is 4.80. The molecule has 0 aliphatic rings. The Bertz CT molecular complexity index is 3560. The average molecular weight is 796 g/mol. The first-order valence-electron chi connectivity index (χ1n) is 18.9. The molecule has 0 saturated carbocycles. The standard InChI is InChI=1S/C52H31BrN2S/c53-37-27-35(26-36(28-37)34-21-25-50-45(30-34)41-14-4-7-17-48(41)55(50)46-18-9-11-32-10-1-2-12-39(32)46)33-20-24-49-44(29-33)40-13-3-6-16-47(40)54(49)38-22-23-43-42-15-5-8-19-51(42)56-52(43)31-38/h1-31H. The van der Waals surface area contributed by atoms with Gasteiger partial charge in [0, 0.05) is 57.3 Å². The molecule has 56 heavy (non-hydrogen) atoms. The molecule has 0 unspecified atom stereocenters. The maximum atomic E-state index is 3.90. The quantitative estimate of drug-likeness (QED) is 0.168. The summed E-state index contributed by atoms with van der Waals surface area (Å²) >= 11 is 5.77. The molecule has 0 N–H and O–H groups in total. The van der Waals surface area contributed by atoms with E-state index >= 15 is 0 Å². The summed E-state index contributed by atoms with van der Waals surface area (Å²) in [5.41, 5.74) is 12.0. The molecule has 0 bridgehead atoms. The molecule has 0 spiro atoms. The fourth-order valence-electron chi connectivity index (χ4n) is 9.02. The van der Waals surface area contributed by atoms with Gasteiger partial charge in [0.25, 0.3) is 0 Å². The van der Waals surface area contributed by atoms with Gasteiger partial charge in [-0.05, 0) is 107 Å². The second kappa shape index (κ2) is 12.3. The number of nitrogens with zero attached hydrogens (tertiary/aromatic N) is 2. The highest BCUT2D eigenvalue weighted by Gasteiger charge is 2.17. The molecule has 0 aliphatic carbocycles. The van der Waals surface area contributed by atoms with Gasteiger partial charge in [-0.25, -0.2) is 0 Å². The van der Waals surface area contributed by atoms with Crippen molar-refractivity contribution in [2.45, 2.75) is 0 Å². The van der Waals surface area contributed by atoms with Crippen LogP contribution in [0.25, 0.3) is 108 Å². The van der Waals surface area contributed by atoms with Crippen molar-refractivity contribution in [3.8, 4) is 33.6 Å². The minimum Gasteiger partial charge on any atom is -0.309 e. The lowest BCUT2D eigenvalue weighted by Gasteiger charge is -2.12. The van der Waals surface area contributed by atoms with E-state index in [0.29, 0.717) is 0 Å². The average Bonchev–Trinajstić information content (AvgIpc) is 3.90. The van der Waals surface area contributed by atoms with Crippen LogP contribution in [0.1, 0.15) is 0 Å². The summed E-state index contributed by atoms with van der Waals surface area (Å²) in [7, 11) is 0. The summed E-state index contributed by atoms with van der Waals surface area (Å²) in [4.78, 5) is 0. The van der Waals surface area contributed by atoms with Crippen molar-refractivity contribution in [1.82, 2.24) is 9.13 Å². The molecule has 0 amide bonds. The van der Waals surface area contributed by atoms with Gasteiger partial charge in [0.2, 0.25) is 0 Å². The monoisotopic (exact) mass is 794 g/mol. The van der Waals surface area contributed by atoms with E-state index in [0.717, 1.165) is 4.47 Å². The lowest BCUT2D eigenvalue weighted by Crippen LogP contribution is -1.95. The summed E-state index contributed by atoms with van der Waals surface area (Å²) in [6.45, 7) is 0. The van der Waals surface area contributed by atoms with Crippen LogP contribution in [0.15, 0.2) is 193 Å². The number of halogens is 1. The van der Waals surface area contributed by atoms with E-state index in [2.05, 4.69) is 213 Å². The fourth-order valence-corrected chi connectivity index (χ4v) is 10.7. The van der Waals surface area contributed by atoms with Crippen molar-refractivity contribution >= 4 is 102 Å². The number of aromatic nitrogens is 2. The minimum atomic E-state index is 1.06. The Morgan fingerprint density at radius 2 is 0.893 bits per heavy atom. The lowest BCUT2D eigenvalue weighted by atomic mass is 9.97. The van der Waals surface area contributed by atoms with Gasteiger partial charge in [-0.1, -0.05) is 125 Å². The Hall–Kier alpha value is -6.46. The van der Waals surface area contributed by atoms with E-state index < -0.39 is 0 Å². The van der Waals surface area contributed by atoms with Gasteiger partial charge in [0.05, 0.1) is 27.8 Å². The molecule has 0 radical (unpaired) electrons. The van der Waals surface area contributed by atoms with Gasteiger partial charge in [0.1, 0.15) is 0 Å². The highest BCUT2D eigenvalue weighted by Crippen LogP contribution is 2.41. The highest BCUT2D eigenvalue weighted by molar-refractivity contribution is 9.10. The molecule has 3 aromatic heterocycles. The van der Waals surface area contributed by atoms with Gasteiger partial charge < -0.3 is 9.13 Å². The van der Waals surface area contributed by atoms with Crippen LogP contribution in [0.4, 0.5) is 0 Å². The van der Waals surface area contributed by atoms with Crippen molar-refractivity contribution in [1.29, 1.82) is 0 Å². The van der Waals surface area contributed by atoms with Gasteiger partial charge in [-0.15, -0.1) is 11.3 Å². The third-order valence-electron chi connectivity index (χ3n) is 11.5. The van der Waals surface area contributed by atoms with E-state index in [1.165, 1.54) is 108 Å². The Kier molecular flexibility index (Phi) is 6.98. The van der Waals surface area contributed by atoms with Gasteiger partial charge in [-0.2, -0.15) is 0 Å². The zero-order valence-corrected chi connectivity index (χ0v) is 32.5. The SMILES string of the molecule is Brc1cc(-c2ccc3c(c2)c2ccccc2n3-c2ccc3c(c2)sc2ccccc23)cc(-c2ccc3c(c2)c2ccccc2n3-c2cccc3ccccc23)c1. The summed E-state index contributed by atoms with van der Waals surface area (Å²) in [5, 5.41) is 10.1. The first kappa shape index (κ1) is 31.8. The molecule has 12 aromatic rings. The van der Waals surface area contributed by atoms with Crippen LogP contribution in [0.5, 0.6) is 0 Å². The minimum absolute atomic E-state index is 1.06. The van der Waals surface area contributed by atoms with Gasteiger partial charge in [-0.3, -0.25) is 0 Å². The number of benzene rings is 9. The first-order chi connectivity index (χ1) is 27.7. The van der Waals surface area contributed by atoms with Crippen LogP contribution in [-0.4, -0.2) is 9.13 Å². The summed E-state index contributed by atoms with van der Waals surface area (Å²) in [5.74, 6) is 0. The smallest absolute Gasteiger partial charge is 0.0541 e. The number of hydrogen-bond acceptors (Lipinski definition) is 1. The number of rotatable bonds is 4. The highest BCUT2D eigenvalue weighted by atomic mass is 79.9. The molecule has 4 heteroatoms. The Morgan fingerprint density at radius 1 is 0.339 bits per heavy atom. The van der Waals surface area contributed by atoms with E-state index in [1.807, 2.05) is 11.3 Å².